The first-order valence-corrected chi connectivity index (χ1v) is 2.05. The van der Waals surface area contributed by atoms with E-state index in [-0.39, 0.29) is 0 Å². The number of hydrogen-bond acceptors (Lipinski definition) is 1. The Morgan fingerprint density at radius 3 is 2.60 bits per heavy atom. The molecule has 0 amide bonds. The number of hydrogen-bond donors (Lipinski definition) is 0. The van der Waals surface area contributed by atoms with Gasteiger partial charge in [-0.25, -0.2) is 0 Å². The summed E-state index contributed by atoms with van der Waals surface area (Å²) in [5.74, 6) is 0. The molecule has 1 rings (SSSR count). The molecule has 0 saturated carbocycles. The monoisotopic (exact) mass is 70.1 g/mol. The van der Waals surface area contributed by atoms with Crippen LogP contribution in [0.15, 0.2) is 0 Å². The van der Waals surface area contributed by atoms with Crippen LogP contribution >= 0.6 is 0 Å². The Kier molecular flexibility index (Phi) is 0.654. The average Bonchev–Trinajstić information content (AvgIpc) is 2.12. The molecule has 1 saturated heterocycles. The summed E-state index contributed by atoms with van der Waals surface area (Å²) in [5.41, 5.74) is 0. The van der Waals surface area contributed by atoms with Crippen LogP contribution in [0.5, 0.6) is 0 Å². The fraction of sp³-hybridized carbons (Fsp3) is 1.00. The number of rotatable bonds is 1. The van der Waals surface area contributed by atoms with Crippen molar-refractivity contribution in [3.8, 4) is 0 Å². The fourth-order valence-corrected chi connectivity index (χ4v) is 0.304. The Hall–Kier alpha value is 0.0249. The molecule has 1 atom stereocenters. The molecule has 0 bridgehead atoms. The molecule has 5 heavy (non-hydrogen) atoms. The van der Waals surface area contributed by atoms with Crippen LogP contribution in [-0.4, -0.2) is 13.5 Å². The minimum atomic E-state index is 0.634. The van der Waals surface area contributed by atoms with Crippen LogP contribution in [-0.2, 0) is 4.65 Å². The van der Waals surface area contributed by atoms with E-state index in [0.29, 0.717) is 6.00 Å². The van der Waals surface area contributed by atoms with Gasteiger partial charge in [-0.3, -0.25) is 0 Å². The van der Waals surface area contributed by atoms with Crippen LogP contribution in [0.4, 0.5) is 0 Å². The van der Waals surface area contributed by atoms with E-state index < -0.39 is 0 Å². The van der Waals surface area contributed by atoms with Gasteiger partial charge in [-0.2, -0.15) is 0 Å². The highest BCUT2D eigenvalue weighted by Crippen LogP contribution is 2.07. The highest BCUT2D eigenvalue weighted by atomic mass is 16.5. The molecule has 1 fully saturated rings. The van der Waals surface area contributed by atoms with E-state index in [1.807, 2.05) is 0 Å². The summed E-state index contributed by atoms with van der Waals surface area (Å²) in [5, 5.41) is 0. The zero-order chi connectivity index (χ0) is 3.70. The Labute approximate surface area is 32.6 Å². The maximum Gasteiger partial charge on any atom is 0.301 e. The van der Waals surface area contributed by atoms with Crippen LogP contribution in [0.1, 0.15) is 13.3 Å². The van der Waals surface area contributed by atoms with Crippen molar-refractivity contribution in [2.45, 2.75) is 19.3 Å². The molecule has 1 heterocycles. The first-order valence-electron chi connectivity index (χ1n) is 2.05. The van der Waals surface area contributed by atoms with Crippen LogP contribution in [0.3, 0.4) is 0 Å². The lowest BCUT2D eigenvalue weighted by atomic mass is 10.0. The van der Waals surface area contributed by atoms with Crippen molar-refractivity contribution in [2.24, 2.45) is 0 Å². The second-order valence-corrected chi connectivity index (χ2v) is 1.36. The van der Waals surface area contributed by atoms with Gasteiger partial charge in [0.2, 0.25) is 0 Å². The van der Waals surface area contributed by atoms with Gasteiger partial charge in [-0.1, -0.05) is 6.92 Å². The van der Waals surface area contributed by atoms with Gasteiger partial charge in [0.25, 0.3) is 0 Å². The molecule has 1 nitrogen and oxygen atoms in total. The van der Waals surface area contributed by atoms with Gasteiger partial charge in [0.15, 0.2) is 0 Å². The minimum Gasteiger partial charge on any atom is -0.438 e. The lowest BCUT2D eigenvalue weighted by molar-refractivity contribution is 0.446. The first-order chi connectivity index (χ1) is 2.43. The molecular formula is C3H7BO. The summed E-state index contributed by atoms with van der Waals surface area (Å²) in [6.45, 7) is 2.14. The first kappa shape index (κ1) is 3.22. The van der Waals surface area contributed by atoms with Gasteiger partial charge in [-0.05, 0) is 6.42 Å². The van der Waals surface area contributed by atoms with Crippen molar-refractivity contribution in [1.29, 1.82) is 0 Å². The van der Waals surface area contributed by atoms with E-state index in [1.165, 1.54) is 6.42 Å². The van der Waals surface area contributed by atoms with E-state index in [1.54, 1.807) is 0 Å². The van der Waals surface area contributed by atoms with Crippen molar-refractivity contribution in [3.05, 3.63) is 0 Å². The van der Waals surface area contributed by atoms with Crippen molar-refractivity contribution in [2.75, 3.05) is 0 Å². The zero-order valence-electron chi connectivity index (χ0n) is 3.40. The van der Waals surface area contributed by atoms with E-state index in [4.69, 9.17) is 4.65 Å². The largest absolute Gasteiger partial charge is 0.438 e. The quantitative estimate of drug-likeness (QED) is 0.315. The normalized spacial score (nSPS) is 32.6. The highest BCUT2D eigenvalue weighted by Gasteiger charge is 2.21. The van der Waals surface area contributed by atoms with Gasteiger partial charge in [0, 0.05) is 6.00 Å². The van der Waals surface area contributed by atoms with Gasteiger partial charge in [-0.15, -0.1) is 0 Å². The predicted octanol–water partition coefficient (Wildman–Crippen LogP) is 0.104. The summed E-state index contributed by atoms with van der Waals surface area (Å²) in [6.07, 6.45) is 1.19. The Morgan fingerprint density at radius 2 is 2.60 bits per heavy atom. The SMILES string of the molecule is CCC1BO1. The Bertz CT molecular complexity index is 33.9. The van der Waals surface area contributed by atoms with Gasteiger partial charge >= 0.3 is 7.48 Å². The maximum atomic E-state index is 4.86. The molecular weight excluding hydrogens is 62.8 g/mol. The molecule has 0 spiro atoms. The third-order valence-corrected chi connectivity index (χ3v) is 0.858. The Morgan fingerprint density at radius 1 is 2.00 bits per heavy atom. The molecule has 0 aliphatic carbocycles. The summed E-state index contributed by atoms with van der Waals surface area (Å²) in [6, 6.07) is 0.634. The maximum absolute atomic E-state index is 4.86. The Balaban J connectivity index is 2.00. The van der Waals surface area contributed by atoms with Crippen LogP contribution in [0, 0.1) is 0 Å². The van der Waals surface area contributed by atoms with Crippen LogP contribution < -0.4 is 0 Å². The third-order valence-electron chi connectivity index (χ3n) is 0.858. The van der Waals surface area contributed by atoms with E-state index in [2.05, 4.69) is 6.92 Å². The highest BCUT2D eigenvalue weighted by molar-refractivity contribution is 6.39. The lowest BCUT2D eigenvalue weighted by Gasteiger charge is -1.71. The van der Waals surface area contributed by atoms with Crippen molar-refractivity contribution >= 4 is 7.48 Å². The minimum absolute atomic E-state index is 0.634. The van der Waals surface area contributed by atoms with Gasteiger partial charge < -0.3 is 4.65 Å². The zero-order valence-corrected chi connectivity index (χ0v) is 3.40. The molecule has 0 aromatic rings. The molecule has 1 unspecified atom stereocenters. The summed E-state index contributed by atoms with van der Waals surface area (Å²) < 4.78 is 4.86. The second kappa shape index (κ2) is 1.01. The average molecular weight is 69.9 g/mol. The molecule has 0 aromatic heterocycles. The molecule has 0 radical (unpaired) electrons. The standard InChI is InChI=1S/C3H7BO/c1-2-3-4-5-3/h3-4H,2H2,1H3. The summed E-state index contributed by atoms with van der Waals surface area (Å²) >= 11 is 0. The van der Waals surface area contributed by atoms with E-state index in [0.717, 1.165) is 7.48 Å². The van der Waals surface area contributed by atoms with Gasteiger partial charge in [0.1, 0.15) is 0 Å². The van der Waals surface area contributed by atoms with Gasteiger partial charge in [0.05, 0.1) is 0 Å². The van der Waals surface area contributed by atoms with Crippen LogP contribution in [0.25, 0.3) is 0 Å². The summed E-state index contributed by atoms with van der Waals surface area (Å²) in [4.78, 5) is 0. The van der Waals surface area contributed by atoms with Crippen molar-refractivity contribution < 1.29 is 4.65 Å². The van der Waals surface area contributed by atoms with Crippen molar-refractivity contribution in [1.82, 2.24) is 0 Å². The van der Waals surface area contributed by atoms with E-state index in [9.17, 15) is 0 Å². The van der Waals surface area contributed by atoms with E-state index >= 15 is 0 Å². The van der Waals surface area contributed by atoms with Crippen LogP contribution in [0.2, 0.25) is 0 Å². The molecule has 0 aromatic carbocycles. The van der Waals surface area contributed by atoms with Crippen molar-refractivity contribution in [3.63, 3.8) is 0 Å². The molecule has 28 valence electrons. The smallest absolute Gasteiger partial charge is 0.301 e. The molecule has 2 heteroatoms. The molecule has 1 aliphatic heterocycles. The summed E-state index contributed by atoms with van der Waals surface area (Å²) in [7, 11) is 1.01. The third kappa shape index (κ3) is 0.654. The second-order valence-electron chi connectivity index (χ2n) is 1.36. The topological polar surface area (TPSA) is 12.5 Å². The predicted molar refractivity (Wildman–Crippen MR) is 22.3 cm³/mol. The lowest BCUT2D eigenvalue weighted by Crippen LogP contribution is -1.75. The molecule has 0 N–H and O–H groups in total. The fourth-order valence-electron chi connectivity index (χ4n) is 0.304. The molecule has 1 aliphatic rings.